The van der Waals surface area contributed by atoms with E-state index in [1.165, 1.54) is 0 Å². The molecule has 0 spiro atoms. The highest BCUT2D eigenvalue weighted by molar-refractivity contribution is 6.20. The van der Waals surface area contributed by atoms with Crippen molar-refractivity contribution in [3.63, 3.8) is 0 Å². The van der Waals surface area contributed by atoms with Gasteiger partial charge in [-0.25, -0.2) is 0 Å². The summed E-state index contributed by atoms with van der Waals surface area (Å²) < 4.78 is 0. The summed E-state index contributed by atoms with van der Waals surface area (Å²) >= 11 is 0. The van der Waals surface area contributed by atoms with Gasteiger partial charge in [0.2, 0.25) is 0 Å². The van der Waals surface area contributed by atoms with Crippen LogP contribution in [0.1, 0.15) is 26.7 Å². The number of nitrogens with two attached hydrogens (primary N) is 1. The molecule has 72 valence electrons. The molecule has 1 aliphatic rings. The van der Waals surface area contributed by atoms with Crippen molar-refractivity contribution in [3.8, 4) is 0 Å². The fourth-order valence-electron chi connectivity index (χ4n) is 1.64. The van der Waals surface area contributed by atoms with Crippen molar-refractivity contribution in [1.82, 2.24) is 0 Å². The highest BCUT2D eigenvalue weighted by atomic mass is 16.3. The number of nitrogens with one attached hydrogen (secondary N) is 1. The van der Waals surface area contributed by atoms with Crippen LogP contribution in [0.15, 0.2) is 11.3 Å². The molecule has 0 aromatic heterocycles. The van der Waals surface area contributed by atoms with Gasteiger partial charge in [0.25, 0.3) is 5.91 Å². The van der Waals surface area contributed by atoms with E-state index in [1.54, 1.807) is 0 Å². The standard InChI is InChI=1S/C9H14N2O2/c1-9(2)3-5(10)7(8(11)13)6(12)4-9/h10,12H,3-4H2,1-2H3,(H2,11,13). The summed E-state index contributed by atoms with van der Waals surface area (Å²) in [4.78, 5) is 10.8. The van der Waals surface area contributed by atoms with Crippen LogP contribution in [0.4, 0.5) is 0 Å². The number of hydrogen-bond donors (Lipinski definition) is 3. The molecule has 0 saturated heterocycles. The van der Waals surface area contributed by atoms with Crippen molar-refractivity contribution < 1.29 is 9.90 Å². The van der Waals surface area contributed by atoms with Crippen LogP contribution in [-0.4, -0.2) is 16.7 Å². The van der Waals surface area contributed by atoms with Crippen LogP contribution in [0.2, 0.25) is 0 Å². The number of hydrogen-bond acceptors (Lipinski definition) is 3. The van der Waals surface area contributed by atoms with Gasteiger partial charge in [0, 0.05) is 12.1 Å². The molecule has 0 fully saturated rings. The molecular weight excluding hydrogens is 168 g/mol. The molecular formula is C9H14N2O2. The predicted octanol–water partition coefficient (Wildman–Crippen LogP) is 1.12. The second-order valence-electron chi connectivity index (χ2n) is 4.18. The van der Waals surface area contributed by atoms with E-state index in [0.29, 0.717) is 12.8 Å². The van der Waals surface area contributed by atoms with Gasteiger partial charge in [0.1, 0.15) is 5.76 Å². The largest absolute Gasteiger partial charge is 0.511 e. The SMILES string of the molecule is CC1(C)CC(=N)C(C(N)=O)=C(O)C1. The number of rotatable bonds is 1. The molecule has 13 heavy (non-hydrogen) atoms. The van der Waals surface area contributed by atoms with Gasteiger partial charge < -0.3 is 16.2 Å². The minimum atomic E-state index is -0.710. The molecule has 4 heteroatoms. The van der Waals surface area contributed by atoms with E-state index in [0.717, 1.165) is 0 Å². The molecule has 0 unspecified atom stereocenters. The summed E-state index contributed by atoms with van der Waals surface area (Å²) in [5.74, 6) is -0.758. The van der Waals surface area contributed by atoms with Crippen LogP contribution in [0, 0.1) is 10.8 Å². The zero-order chi connectivity index (χ0) is 10.2. The lowest BCUT2D eigenvalue weighted by Gasteiger charge is -2.30. The average Bonchev–Trinajstić information content (AvgIpc) is 1.78. The molecule has 0 atom stereocenters. The Morgan fingerprint density at radius 1 is 1.54 bits per heavy atom. The Morgan fingerprint density at radius 2 is 2.08 bits per heavy atom. The van der Waals surface area contributed by atoms with E-state index >= 15 is 0 Å². The maximum absolute atomic E-state index is 10.8. The van der Waals surface area contributed by atoms with Crippen LogP contribution in [-0.2, 0) is 4.79 Å². The Kier molecular flexibility index (Phi) is 2.15. The smallest absolute Gasteiger partial charge is 0.253 e. The van der Waals surface area contributed by atoms with Gasteiger partial charge in [-0.3, -0.25) is 4.79 Å². The first-order valence-electron chi connectivity index (χ1n) is 4.13. The van der Waals surface area contributed by atoms with Gasteiger partial charge >= 0.3 is 0 Å². The first-order valence-corrected chi connectivity index (χ1v) is 4.13. The van der Waals surface area contributed by atoms with Crippen molar-refractivity contribution in [2.24, 2.45) is 11.1 Å². The topological polar surface area (TPSA) is 87.2 Å². The number of allylic oxidation sites excluding steroid dienone is 1. The van der Waals surface area contributed by atoms with Gasteiger partial charge in [0.05, 0.1) is 5.57 Å². The van der Waals surface area contributed by atoms with Gasteiger partial charge in [-0.1, -0.05) is 13.8 Å². The summed E-state index contributed by atoms with van der Waals surface area (Å²) in [5, 5.41) is 17.0. The molecule has 0 radical (unpaired) electrons. The van der Waals surface area contributed by atoms with E-state index in [-0.39, 0.29) is 22.5 Å². The Morgan fingerprint density at radius 3 is 2.46 bits per heavy atom. The zero-order valence-electron chi connectivity index (χ0n) is 7.85. The number of carbonyl (C=O) groups excluding carboxylic acids is 1. The third-order valence-electron chi connectivity index (χ3n) is 2.14. The second kappa shape index (κ2) is 2.87. The summed E-state index contributed by atoms with van der Waals surface area (Å²) in [7, 11) is 0. The Balaban J connectivity index is 3.09. The number of primary amides is 1. The lowest BCUT2D eigenvalue weighted by molar-refractivity contribution is -0.114. The molecule has 0 aromatic rings. The fraction of sp³-hybridized carbons (Fsp3) is 0.556. The normalized spacial score (nSPS) is 21.8. The molecule has 1 amide bonds. The Bertz CT molecular complexity index is 303. The van der Waals surface area contributed by atoms with Crippen LogP contribution in [0.3, 0.4) is 0 Å². The maximum Gasteiger partial charge on any atom is 0.253 e. The second-order valence-corrected chi connectivity index (χ2v) is 4.18. The van der Waals surface area contributed by atoms with Gasteiger partial charge in [-0.05, 0) is 11.8 Å². The number of aliphatic hydroxyl groups is 1. The Hall–Kier alpha value is -1.32. The quantitative estimate of drug-likeness (QED) is 0.567. The summed E-state index contributed by atoms with van der Waals surface area (Å²) in [5.41, 5.74) is 5.03. The van der Waals surface area contributed by atoms with Crippen molar-refractivity contribution >= 4 is 11.6 Å². The highest BCUT2D eigenvalue weighted by Gasteiger charge is 2.32. The molecule has 4 nitrogen and oxygen atoms in total. The number of carbonyl (C=O) groups is 1. The molecule has 4 N–H and O–H groups in total. The van der Waals surface area contributed by atoms with Crippen molar-refractivity contribution in [1.29, 1.82) is 5.41 Å². The molecule has 0 saturated carbocycles. The van der Waals surface area contributed by atoms with E-state index in [4.69, 9.17) is 11.1 Å². The number of amides is 1. The van der Waals surface area contributed by atoms with E-state index < -0.39 is 5.91 Å². The van der Waals surface area contributed by atoms with Gasteiger partial charge in [-0.2, -0.15) is 0 Å². The maximum atomic E-state index is 10.8. The summed E-state index contributed by atoms with van der Waals surface area (Å²) in [6.45, 7) is 3.88. The molecule has 0 aromatic carbocycles. The minimum absolute atomic E-state index is 0.000625. The van der Waals surface area contributed by atoms with E-state index in [2.05, 4.69) is 0 Å². The number of aliphatic hydroxyl groups excluding tert-OH is 1. The molecule has 0 heterocycles. The monoisotopic (exact) mass is 182 g/mol. The summed E-state index contributed by atoms with van der Waals surface area (Å²) in [6.07, 6.45) is 0.892. The highest BCUT2D eigenvalue weighted by Crippen LogP contribution is 2.35. The van der Waals surface area contributed by atoms with E-state index in [9.17, 15) is 9.90 Å². The first-order chi connectivity index (χ1) is 5.83. The third-order valence-corrected chi connectivity index (χ3v) is 2.14. The van der Waals surface area contributed by atoms with Gasteiger partial charge in [-0.15, -0.1) is 0 Å². The van der Waals surface area contributed by atoms with E-state index in [1.807, 2.05) is 13.8 Å². The van der Waals surface area contributed by atoms with Crippen LogP contribution < -0.4 is 5.73 Å². The molecule has 1 aliphatic carbocycles. The molecule has 0 aliphatic heterocycles. The zero-order valence-corrected chi connectivity index (χ0v) is 7.85. The lowest BCUT2D eigenvalue weighted by Crippen LogP contribution is -2.31. The van der Waals surface area contributed by atoms with Crippen molar-refractivity contribution in [2.75, 3.05) is 0 Å². The first kappa shape index (κ1) is 9.77. The van der Waals surface area contributed by atoms with Gasteiger partial charge in [0.15, 0.2) is 0 Å². The predicted molar refractivity (Wildman–Crippen MR) is 49.6 cm³/mol. The summed E-state index contributed by atoms with van der Waals surface area (Å²) in [6, 6.07) is 0. The average molecular weight is 182 g/mol. The lowest BCUT2D eigenvalue weighted by atomic mass is 9.76. The van der Waals surface area contributed by atoms with Crippen molar-refractivity contribution in [3.05, 3.63) is 11.3 Å². The molecule has 0 bridgehead atoms. The fourth-order valence-corrected chi connectivity index (χ4v) is 1.64. The van der Waals surface area contributed by atoms with Crippen LogP contribution in [0.5, 0.6) is 0 Å². The Labute approximate surface area is 76.9 Å². The minimum Gasteiger partial charge on any atom is -0.511 e. The third kappa shape index (κ3) is 1.88. The van der Waals surface area contributed by atoms with Crippen LogP contribution >= 0.6 is 0 Å². The van der Waals surface area contributed by atoms with Crippen LogP contribution in [0.25, 0.3) is 0 Å². The molecule has 1 rings (SSSR count). The van der Waals surface area contributed by atoms with Crippen molar-refractivity contribution in [2.45, 2.75) is 26.7 Å².